The first-order valence-electron chi connectivity index (χ1n) is 7.79. The summed E-state index contributed by atoms with van der Waals surface area (Å²) in [6.07, 6.45) is 3.84. The van der Waals surface area contributed by atoms with Crippen LogP contribution in [0.5, 0.6) is 0 Å². The minimum absolute atomic E-state index is 0.469. The second-order valence-electron chi connectivity index (χ2n) is 5.25. The van der Waals surface area contributed by atoms with Crippen molar-refractivity contribution in [2.24, 2.45) is 10.2 Å². The van der Waals surface area contributed by atoms with Crippen LogP contribution in [0, 0.1) is 0 Å². The van der Waals surface area contributed by atoms with Gasteiger partial charge in [0.1, 0.15) is 6.54 Å². The van der Waals surface area contributed by atoms with E-state index in [1.807, 2.05) is 30.3 Å². The summed E-state index contributed by atoms with van der Waals surface area (Å²) in [4.78, 5) is 10.2. The van der Waals surface area contributed by atoms with Gasteiger partial charge in [-0.3, -0.25) is 4.98 Å². The second kappa shape index (κ2) is 8.26. The lowest BCUT2D eigenvalue weighted by molar-refractivity contribution is 0.912. The number of thiazole rings is 1. The van der Waals surface area contributed by atoms with Crippen LogP contribution in [0.15, 0.2) is 63.4 Å². The number of aryl methyl sites for hydroxylation is 1. The largest absolute Gasteiger partial charge is 0.259 e. The number of nitrogens with zero attached hydrogens (tertiary/aromatic N) is 4. The number of rotatable bonds is 6. The van der Waals surface area contributed by atoms with Gasteiger partial charge in [0.2, 0.25) is 5.13 Å². The van der Waals surface area contributed by atoms with Gasteiger partial charge in [0.25, 0.3) is 0 Å². The molecule has 0 fully saturated rings. The van der Waals surface area contributed by atoms with E-state index in [0.717, 1.165) is 34.3 Å². The number of pyridine rings is 1. The summed E-state index contributed by atoms with van der Waals surface area (Å²) >= 11 is 5.09. The average molecular weight is 401 g/mol. The minimum Gasteiger partial charge on any atom is -0.259 e. The molecule has 2 heterocycles. The van der Waals surface area contributed by atoms with Crippen molar-refractivity contribution < 1.29 is 0 Å². The predicted octanol–water partition coefficient (Wildman–Crippen LogP) is 6.20. The Bertz CT molecular complexity index is 813. The maximum Gasteiger partial charge on any atom is 0.230 e. The SMILES string of the molecule is CCCc1sc(N=NCc2ccccn2)nc1-c1ccc(Br)cc1. The van der Waals surface area contributed by atoms with Gasteiger partial charge in [0.05, 0.1) is 11.4 Å². The van der Waals surface area contributed by atoms with Crippen molar-refractivity contribution in [3.63, 3.8) is 0 Å². The van der Waals surface area contributed by atoms with Gasteiger partial charge < -0.3 is 0 Å². The van der Waals surface area contributed by atoms with Crippen LogP contribution in [0.3, 0.4) is 0 Å². The van der Waals surface area contributed by atoms with E-state index < -0.39 is 0 Å². The van der Waals surface area contributed by atoms with E-state index in [2.05, 4.69) is 55.2 Å². The molecule has 6 heteroatoms. The summed E-state index contributed by atoms with van der Waals surface area (Å²) in [5.41, 5.74) is 3.03. The number of aromatic nitrogens is 2. The third-order valence-corrected chi connectivity index (χ3v) is 4.92. The highest BCUT2D eigenvalue weighted by Gasteiger charge is 2.12. The number of halogens is 1. The maximum atomic E-state index is 4.68. The lowest BCUT2D eigenvalue weighted by Gasteiger charge is -2.01. The van der Waals surface area contributed by atoms with Crippen molar-refractivity contribution in [1.29, 1.82) is 0 Å². The van der Waals surface area contributed by atoms with E-state index in [4.69, 9.17) is 0 Å². The number of hydrogen-bond donors (Lipinski definition) is 0. The van der Waals surface area contributed by atoms with Crippen LogP contribution in [-0.2, 0) is 13.0 Å². The lowest BCUT2D eigenvalue weighted by Crippen LogP contribution is -1.85. The molecule has 1 aromatic carbocycles. The molecule has 0 amide bonds. The van der Waals surface area contributed by atoms with Gasteiger partial charge in [-0.05, 0) is 30.7 Å². The van der Waals surface area contributed by atoms with Crippen molar-refractivity contribution >= 4 is 32.4 Å². The number of benzene rings is 1. The monoisotopic (exact) mass is 400 g/mol. The Hall–Kier alpha value is -1.92. The fraction of sp³-hybridized carbons (Fsp3) is 0.222. The zero-order chi connectivity index (χ0) is 16.8. The fourth-order valence-corrected chi connectivity index (χ4v) is 3.56. The molecule has 0 aliphatic heterocycles. The Labute approximate surface area is 153 Å². The van der Waals surface area contributed by atoms with E-state index >= 15 is 0 Å². The van der Waals surface area contributed by atoms with Crippen LogP contribution in [0.4, 0.5) is 5.13 Å². The van der Waals surface area contributed by atoms with Crippen molar-refractivity contribution in [2.75, 3.05) is 0 Å². The molecule has 3 aromatic rings. The molecule has 0 saturated carbocycles. The molecule has 0 bridgehead atoms. The number of azo groups is 1. The quantitative estimate of drug-likeness (QED) is 0.462. The third kappa shape index (κ3) is 4.33. The maximum absolute atomic E-state index is 4.68. The van der Waals surface area contributed by atoms with Gasteiger partial charge >= 0.3 is 0 Å². The molecule has 4 nitrogen and oxygen atoms in total. The van der Waals surface area contributed by atoms with Crippen LogP contribution < -0.4 is 0 Å². The van der Waals surface area contributed by atoms with Gasteiger partial charge in [-0.2, -0.15) is 5.11 Å². The molecule has 0 aliphatic rings. The van der Waals surface area contributed by atoms with Gasteiger partial charge in [-0.25, -0.2) is 4.98 Å². The van der Waals surface area contributed by atoms with E-state index in [0.29, 0.717) is 11.7 Å². The third-order valence-electron chi connectivity index (χ3n) is 3.40. The van der Waals surface area contributed by atoms with E-state index in [1.54, 1.807) is 17.5 Å². The Morgan fingerprint density at radius 2 is 1.96 bits per heavy atom. The van der Waals surface area contributed by atoms with E-state index in [9.17, 15) is 0 Å². The zero-order valence-corrected chi connectivity index (χ0v) is 15.7. The van der Waals surface area contributed by atoms with Crippen LogP contribution in [-0.4, -0.2) is 9.97 Å². The molecule has 24 heavy (non-hydrogen) atoms. The smallest absolute Gasteiger partial charge is 0.230 e. The van der Waals surface area contributed by atoms with Crippen molar-refractivity contribution in [2.45, 2.75) is 26.3 Å². The molecule has 0 saturated heterocycles. The van der Waals surface area contributed by atoms with Crippen LogP contribution in [0.1, 0.15) is 23.9 Å². The summed E-state index contributed by atoms with van der Waals surface area (Å²) in [5, 5.41) is 9.23. The molecule has 0 atom stereocenters. The summed E-state index contributed by atoms with van der Waals surface area (Å²) in [6.45, 7) is 2.64. The molecular weight excluding hydrogens is 384 g/mol. The Morgan fingerprint density at radius 3 is 2.67 bits per heavy atom. The topological polar surface area (TPSA) is 50.5 Å². The molecule has 122 valence electrons. The second-order valence-corrected chi connectivity index (χ2v) is 7.22. The first kappa shape index (κ1) is 16.9. The lowest BCUT2D eigenvalue weighted by atomic mass is 10.1. The molecule has 0 N–H and O–H groups in total. The Kier molecular flexibility index (Phi) is 5.82. The van der Waals surface area contributed by atoms with Crippen LogP contribution in [0.25, 0.3) is 11.3 Å². The standard InChI is InChI=1S/C18H17BrN4S/c1-2-5-16-17(13-7-9-14(19)10-8-13)22-18(24-16)23-21-12-15-6-3-4-11-20-15/h3-4,6-11H,2,5,12H2,1H3. The van der Waals surface area contributed by atoms with Crippen molar-refractivity contribution in [1.82, 2.24) is 9.97 Å². The molecule has 0 radical (unpaired) electrons. The first-order valence-corrected chi connectivity index (χ1v) is 9.40. The predicted molar refractivity (Wildman–Crippen MR) is 102 cm³/mol. The van der Waals surface area contributed by atoms with E-state index in [1.165, 1.54) is 4.88 Å². The highest BCUT2D eigenvalue weighted by atomic mass is 79.9. The van der Waals surface area contributed by atoms with Gasteiger partial charge in [-0.15, -0.1) is 5.11 Å². The van der Waals surface area contributed by atoms with E-state index in [-0.39, 0.29) is 0 Å². The zero-order valence-electron chi connectivity index (χ0n) is 13.3. The molecule has 2 aromatic heterocycles. The van der Waals surface area contributed by atoms with Crippen LogP contribution >= 0.6 is 27.3 Å². The molecule has 0 aliphatic carbocycles. The summed E-state index contributed by atoms with van der Waals surface area (Å²) in [5.74, 6) is 0. The Balaban J connectivity index is 1.81. The first-order chi connectivity index (χ1) is 11.8. The molecule has 3 rings (SSSR count). The molecular formula is C18H17BrN4S. The van der Waals surface area contributed by atoms with Crippen LogP contribution in [0.2, 0.25) is 0 Å². The highest BCUT2D eigenvalue weighted by Crippen LogP contribution is 2.34. The summed E-state index contributed by atoms with van der Waals surface area (Å²) in [6, 6.07) is 14.0. The molecule has 0 unspecified atom stereocenters. The van der Waals surface area contributed by atoms with Crippen molar-refractivity contribution in [3.8, 4) is 11.3 Å². The van der Waals surface area contributed by atoms with Gasteiger partial charge in [0, 0.05) is 21.1 Å². The fourth-order valence-electron chi connectivity index (χ4n) is 2.27. The highest BCUT2D eigenvalue weighted by molar-refractivity contribution is 9.10. The Morgan fingerprint density at radius 1 is 1.12 bits per heavy atom. The summed E-state index contributed by atoms with van der Waals surface area (Å²) < 4.78 is 1.06. The van der Waals surface area contributed by atoms with Crippen molar-refractivity contribution in [3.05, 3.63) is 63.7 Å². The minimum atomic E-state index is 0.469. The van der Waals surface area contributed by atoms with Gasteiger partial charge in [0.15, 0.2) is 0 Å². The number of hydrogen-bond acceptors (Lipinski definition) is 5. The average Bonchev–Trinajstić information content (AvgIpc) is 3.00. The summed E-state index contributed by atoms with van der Waals surface area (Å²) in [7, 11) is 0. The normalized spacial score (nSPS) is 11.2. The van der Waals surface area contributed by atoms with Gasteiger partial charge in [-0.1, -0.05) is 58.8 Å². The molecule has 0 spiro atoms.